The molecule has 204 valence electrons. The fraction of sp³-hybridized carbons (Fsp3) is 0.414. The van der Waals surface area contributed by atoms with Gasteiger partial charge in [-0.1, -0.05) is 51.1 Å². The number of carbonyl (C=O) groups is 2. The van der Waals surface area contributed by atoms with Gasteiger partial charge in [-0.3, -0.25) is 9.36 Å². The minimum atomic E-state index is -0.486. The standard InChI is InChI=1S/C29H36FN3O4S/c1-6-24-25(16-31-27(34)26(38)14-18(3)4)33(29(32-24)37-7-2)17-20-13-12-19(15-23(20)30)21-10-8-9-11-22(21)28(35)36-5/h8-13,15,18,26,38H,6-7,14,16-17H2,1-5H3,(H,31,34). The number of hydrogen-bond donors (Lipinski definition) is 2. The molecule has 0 aliphatic rings. The van der Waals surface area contributed by atoms with Crippen molar-refractivity contribution in [1.29, 1.82) is 0 Å². The van der Waals surface area contributed by atoms with Gasteiger partial charge >= 0.3 is 5.97 Å². The average Bonchev–Trinajstić information content (AvgIpc) is 3.23. The van der Waals surface area contributed by atoms with Crippen LogP contribution in [-0.2, 0) is 29.0 Å². The maximum Gasteiger partial charge on any atom is 0.338 e. The molecule has 1 amide bonds. The van der Waals surface area contributed by atoms with Crippen molar-refractivity contribution < 1.29 is 23.5 Å². The number of ether oxygens (including phenoxy) is 2. The molecule has 1 heterocycles. The van der Waals surface area contributed by atoms with Crippen LogP contribution in [0, 0.1) is 11.7 Å². The van der Waals surface area contributed by atoms with Crippen molar-refractivity contribution in [2.45, 2.75) is 58.9 Å². The molecular formula is C29H36FN3O4S. The van der Waals surface area contributed by atoms with Gasteiger partial charge in [0.25, 0.3) is 6.01 Å². The maximum absolute atomic E-state index is 15.4. The van der Waals surface area contributed by atoms with E-state index in [4.69, 9.17) is 9.47 Å². The SMILES string of the molecule is CCOc1nc(CC)c(CNC(=O)C(S)CC(C)C)n1Cc1ccc(-c2ccccc2C(=O)OC)cc1F. The third-order valence-corrected chi connectivity index (χ3v) is 6.63. The Morgan fingerprint density at radius 1 is 1.16 bits per heavy atom. The van der Waals surface area contributed by atoms with E-state index in [0.717, 1.165) is 11.4 Å². The molecule has 38 heavy (non-hydrogen) atoms. The largest absolute Gasteiger partial charge is 0.465 e. The minimum absolute atomic E-state index is 0.158. The number of esters is 1. The van der Waals surface area contributed by atoms with Crippen LogP contribution in [0.1, 0.15) is 61.4 Å². The first-order valence-corrected chi connectivity index (χ1v) is 13.3. The fourth-order valence-electron chi connectivity index (χ4n) is 4.27. The predicted octanol–water partition coefficient (Wildman–Crippen LogP) is 5.45. The predicted molar refractivity (Wildman–Crippen MR) is 149 cm³/mol. The molecule has 3 aromatic rings. The van der Waals surface area contributed by atoms with E-state index >= 15 is 4.39 Å². The lowest BCUT2D eigenvalue weighted by Crippen LogP contribution is -2.32. The Morgan fingerprint density at radius 2 is 1.89 bits per heavy atom. The summed E-state index contributed by atoms with van der Waals surface area (Å²) >= 11 is 4.45. The summed E-state index contributed by atoms with van der Waals surface area (Å²) in [5.74, 6) is -0.733. The number of amides is 1. The van der Waals surface area contributed by atoms with Gasteiger partial charge in [0.05, 0.1) is 49.0 Å². The Bertz CT molecular complexity index is 1270. The van der Waals surface area contributed by atoms with Gasteiger partial charge in [0.1, 0.15) is 5.82 Å². The first-order chi connectivity index (χ1) is 18.2. The maximum atomic E-state index is 15.4. The van der Waals surface area contributed by atoms with E-state index in [0.29, 0.717) is 53.6 Å². The number of benzene rings is 2. The van der Waals surface area contributed by atoms with Crippen LogP contribution in [0.25, 0.3) is 11.1 Å². The summed E-state index contributed by atoms with van der Waals surface area (Å²) in [5, 5.41) is 2.54. The summed E-state index contributed by atoms with van der Waals surface area (Å²) < 4.78 is 27.9. The second-order valence-corrected chi connectivity index (χ2v) is 9.99. The molecule has 3 rings (SSSR count). The molecule has 0 spiro atoms. The molecule has 0 aliphatic heterocycles. The second kappa shape index (κ2) is 13.5. The highest BCUT2D eigenvalue weighted by atomic mass is 32.1. The first kappa shape index (κ1) is 29.2. The third kappa shape index (κ3) is 6.95. The Hall–Kier alpha value is -3.33. The van der Waals surface area contributed by atoms with Crippen molar-refractivity contribution >= 4 is 24.5 Å². The van der Waals surface area contributed by atoms with Gasteiger partial charge in [0.2, 0.25) is 5.91 Å². The van der Waals surface area contributed by atoms with Crippen molar-refractivity contribution in [3.05, 3.63) is 70.8 Å². The molecule has 9 heteroatoms. The third-order valence-electron chi connectivity index (χ3n) is 6.18. The second-order valence-electron chi connectivity index (χ2n) is 9.37. The summed E-state index contributed by atoms with van der Waals surface area (Å²) in [6.07, 6.45) is 1.29. The van der Waals surface area contributed by atoms with Crippen molar-refractivity contribution in [3.8, 4) is 17.1 Å². The average molecular weight is 542 g/mol. The van der Waals surface area contributed by atoms with Crippen LogP contribution < -0.4 is 10.1 Å². The first-order valence-electron chi connectivity index (χ1n) is 12.8. The zero-order chi connectivity index (χ0) is 27.8. The van der Waals surface area contributed by atoms with Crippen molar-refractivity contribution in [2.24, 2.45) is 5.92 Å². The molecule has 2 aromatic carbocycles. The smallest absolute Gasteiger partial charge is 0.338 e. The number of hydrogen-bond acceptors (Lipinski definition) is 6. The Kier molecular flexibility index (Phi) is 10.4. The number of nitrogens with one attached hydrogen (secondary N) is 1. The summed E-state index contributed by atoms with van der Waals surface area (Å²) in [4.78, 5) is 29.5. The zero-order valence-electron chi connectivity index (χ0n) is 22.6. The van der Waals surface area contributed by atoms with Gasteiger partial charge < -0.3 is 14.8 Å². The van der Waals surface area contributed by atoms with Gasteiger partial charge in [0, 0.05) is 5.56 Å². The highest BCUT2D eigenvalue weighted by molar-refractivity contribution is 7.81. The van der Waals surface area contributed by atoms with Gasteiger partial charge in [-0.25, -0.2) is 9.18 Å². The normalized spacial score (nSPS) is 11.9. The molecule has 0 radical (unpaired) electrons. The number of nitrogens with zero attached hydrogens (tertiary/aromatic N) is 2. The number of carbonyl (C=O) groups excluding carboxylic acids is 2. The zero-order valence-corrected chi connectivity index (χ0v) is 23.5. The van der Waals surface area contributed by atoms with Gasteiger partial charge in [0.15, 0.2) is 0 Å². The topological polar surface area (TPSA) is 82.5 Å². The molecule has 7 nitrogen and oxygen atoms in total. The highest BCUT2D eigenvalue weighted by Crippen LogP contribution is 2.28. The molecule has 0 fully saturated rings. The summed E-state index contributed by atoms with van der Waals surface area (Å²) in [6, 6.07) is 12.2. The van der Waals surface area contributed by atoms with E-state index in [9.17, 15) is 9.59 Å². The Labute approximate surface area is 229 Å². The quantitative estimate of drug-likeness (QED) is 0.236. The van der Waals surface area contributed by atoms with Crippen LogP contribution in [0.2, 0.25) is 0 Å². The van der Waals surface area contributed by atoms with E-state index < -0.39 is 17.0 Å². The Morgan fingerprint density at radius 3 is 2.53 bits per heavy atom. The van der Waals surface area contributed by atoms with Crippen LogP contribution in [0.4, 0.5) is 4.39 Å². The van der Waals surface area contributed by atoms with E-state index in [1.807, 2.05) is 27.7 Å². The van der Waals surface area contributed by atoms with Gasteiger partial charge in [-0.15, -0.1) is 0 Å². The monoisotopic (exact) mass is 541 g/mol. The molecule has 1 aromatic heterocycles. The molecular weight excluding hydrogens is 505 g/mol. The fourth-order valence-corrected chi connectivity index (χ4v) is 4.79. The van der Waals surface area contributed by atoms with Crippen LogP contribution in [-0.4, -0.2) is 40.4 Å². The number of aryl methyl sites for hydroxylation is 1. The molecule has 0 bridgehead atoms. The van der Waals surface area contributed by atoms with Crippen LogP contribution in [0.3, 0.4) is 0 Å². The molecule has 0 saturated carbocycles. The molecule has 1 N–H and O–H groups in total. The lowest BCUT2D eigenvalue weighted by Gasteiger charge is -2.16. The lowest BCUT2D eigenvalue weighted by molar-refractivity contribution is -0.121. The molecule has 1 unspecified atom stereocenters. The number of thiol groups is 1. The minimum Gasteiger partial charge on any atom is -0.465 e. The van der Waals surface area contributed by atoms with Crippen LogP contribution in [0.5, 0.6) is 6.01 Å². The molecule has 0 saturated heterocycles. The van der Waals surface area contributed by atoms with E-state index in [1.54, 1.807) is 41.0 Å². The van der Waals surface area contributed by atoms with Gasteiger partial charge in [-0.05, 0) is 48.9 Å². The van der Waals surface area contributed by atoms with E-state index in [1.165, 1.54) is 13.2 Å². The van der Waals surface area contributed by atoms with Crippen molar-refractivity contribution in [1.82, 2.24) is 14.9 Å². The van der Waals surface area contributed by atoms with Crippen LogP contribution >= 0.6 is 12.6 Å². The highest BCUT2D eigenvalue weighted by Gasteiger charge is 2.22. The number of imidazole rings is 1. The van der Waals surface area contributed by atoms with Crippen molar-refractivity contribution in [3.63, 3.8) is 0 Å². The van der Waals surface area contributed by atoms with Gasteiger partial charge in [-0.2, -0.15) is 17.6 Å². The number of methoxy groups -OCH3 is 1. The summed E-state index contributed by atoms with van der Waals surface area (Å²) in [5.41, 5.74) is 3.47. The van der Waals surface area contributed by atoms with Crippen molar-refractivity contribution in [2.75, 3.05) is 13.7 Å². The van der Waals surface area contributed by atoms with E-state index in [2.05, 4.69) is 22.9 Å². The summed E-state index contributed by atoms with van der Waals surface area (Å²) in [7, 11) is 1.31. The Balaban J connectivity index is 1.93. The van der Waals surface area contributed by atoms with E-state index in [-0.39, 0.29) is 19.0 Å². The number of rotatable bonds is 12. The number of halogens is 1. The summed E-state index contributed by atoms with van der Waals surface area (Å²) in [6.45, 7) is 8.70. The van der Waals surface area contributed by atoms with Crippen LogP contribution in [0.15, 0.2) is 42.5 Å². The lowest BCUT2D eigenvalue weighted by atomic mass is 9.98. The molecule has 1 atom stereocenters. The number of aromatic nitrogens is 2. The molecule has 0 aliphatic carbocycles.